The molecule has 0 radical (unpaired) electrons. The molecule has 2 aromatic carbocycles. The number of hydrogen-bond donors (Lipinski definition) is 2. The maximum Gasteiger partial charge on any atom is 0.240 e. The summed E-state index contributed by atoms with van der Waals surface area (Å²) in [5.41, 5.74) is 4.16. The fourth-order valence-electron chi connectivity index (χ4n) is 4.33. The average molecular weight is 457 g/mol. The number of anilines is 2. The summed E-state index contributed by atoms with van der Waals surface area (Å²) in [5.74, 6) is -0.0252. The van der Waals surface area contributed by atoms with Crippen molar-refractivity contribution in [2.45, 2.75) is 37.5 Å². The third kappa shape index (κ3) is 5.68. The van der Waals surface area contributed by atoms with Crippen LogP contribution in [-0.4, -0.2) is 58.5 Å². The van der Waals surface area contributed by atoms with E-state index < -0.39 is 10.0 Å². The molecule has 0 bridgehead atoms. The highest BCUT2D eigenvalue weighted by atomic mass is 32.2. The van der Waals surface area contributed by atoms with E-state index in [4.69, 9.17) is 0 Å². The highest BCUT2D eigenvalue weighted by molar-refractivity contribution is 7.89. The van der Waals surface area contributed by atoms with Gasteiger partial charge in [0.1, 0.15) is 0 Å². The lowest BCUT2D eigenvalue weighted by Gasteiger charge is -2.36. The van der Waals surface area contributed by atoms with Crippen LogP contribution >= 0.6 is 0 Å². The van der Waals surface area contributed by atoms with Gasteiger partial charge in [0.05, 0.1) is 4.90 Å². The molecular formula is C24H32N4O3S. The highest BCUT2D eigenvalue weighted by Gasteiger charge is 2.20. The minimum Gasteiger partial charge on any atom is -0.369 e. The van der Waals surface area contributed by atoms with Crippen LogP contribution < -0.4 is 14.9 Å². The third-order valence-corrected chi connectivity index (χ3v) is 7.67. The molecular weight excluding hydrogens is 424 g/mol. The van der Waals surface area contributed by atoms with Crippen molar-refractivity contribution in [2.24, 2.45) is 0 Å². The van der Waals surface area contributed by atoms with Gasteiger partial charge in [-0.05, 0) is 74.2 Å². The normalized spacial score (nSPS) is 17.2. The van der Waals surface area contributed by atoms with Crippen molar-refractivity contribution in [1.82, 2.24) is 9.62 Å². The van der Waals surface area contributed by atoms with Crippen molar-refractivity contribution in [1.29, 1.82) is 0 Å². The molecule has 0 aromatic heterocycles. The van der Waals surface area contributed by atoms with E-state index in [-0.39, 0.29) is 10.8 Å². The second-order valence-electron chi connectivity index (χ2n) is 8.64. The zero-order chi connectivity index (χ0) is 22.6. The maximum absolute atomic E-state index is 12.6. The molecule has 0 aliphatic carbocycles. The van der Waals surface area contributed by atoms with E-state index in [9.17, 15) is 13.2 Å². The van der Waals surface area contributed by atoms with Crippen LogP contribution in [0.4, 0.5) is 11.4 Å². The Labute approximate surface area is 190 Å². The van der Waals surface area contributed by atoms with E-state index in [1.165, 1.54) is 11.3 Å². The predicted octanol–water partition coefficient (Wildman–Crippen LogP) is 2.76. The van der Waals surface area contributed by atoms with Crippen molar-refractivity contribution in [3.8, 4) is 0 Å². The second kappa shape index (κ2) is 10.0. The second-order valence-corrected chi connectivity index (χ2v) is 10.4. The quantitative estimate of drug-likeness (QED) is 0.597. The van der Waals surface area contributed by atoms with Gasteiger partial charge in [-0.2, -0.15) is 0 Å². The number of carbonyl (C=O) groups excluding carboxylic acids is 1. The monoisotopic (exact) mass is 456 g/mol. The lowest BCUT2D eigenvalue weighted by molar-refractivity contribution is -0.116. The number of amides is 1. The van der Waals surface area contributed by atoms with Gasteiger partial charge in [-0.25, -0.2) is 13.1 Å². The molecule has 2 heterocycles. The summed E-state index contributed by atoms with van der Waals surface area (Å²) < 4.78 is 28.0. The molecule has 2 aromatic rings. The molecule has 0 spiro atoms. The average Bonchev–Trinajstić information content (AvgIpc) is 2.79. The van der Waals surface area contributed by atoms with Crippen LogP contribution in [0, 0.1) is 6.92 Å². The molecule has 7 nitrogen and oxygen atoms in total. The minimum atomic E-state index is -3.54. The summed E-state index contributed by atoms with van der Waals surface area (Å²) in [4.78, 5) is 16.6. The Bertz CT molecular complexity index is 1060. The van der Waals surface area contributed by atoms with Crippen LogP contribution in [0.15, 0.2) is 47.4 Å². The molecule has 2 N–H and O–H groups in total. The Morgan fingerprint density at radius 1 is 1.00 bits per heavy atom. The van der Waals surface area contributed by atoms with Crippen LogP contribution in [0.3, 0.4) is 0 Å². The van der Waals surface area contributed by atoms with Crippen LogP contribution in [0.25, 0.3) is 0 Å². The summed E-state index contributed by atoms with van der Waals surface area (Å²) in [6.07, 6.45) is 2.73. The Kier molecular flexibility index (Phi) is 7.13. The first-order valence-corrected chi connectivity index (χ1v) is 12.9. The van der Waals surface area contributed by atoms with E-state index in [2.05, 4.69) is 51.0 Å². The lowest BCUT2D eigenvalue weighted by Crippen LogP contribution is -2.46. The maximum atomic E-state index is 12.6. The molecule has 0 unspecified atom stereocenters. The van der Waals surface area contributed by atoms with Gasteiger partial charge in [-0.15, -0.1) is 0 Å². The Morgan fingerprint density at radius 3 is 2.59 bits per heavy atom. The molecule has 2 aliphatic rings. The lowest BCUT2D eigenvalue weighted by atomic mass is 10.0. The molecule has 1 amide bonds. The van der Waals surface area contributed by atoms with E-state index >= 15 is 0 Å². The fourth-order valence-corrected chi connectivity index (χ4v) is 5.46. The molecule has 1 fully saturated rings. The van der Waals surface area contributed by atoms with Gasteiger partial charge in [-0.3, -0.25) is 9.69 Å². The number of hydrogen-bond acceptors (Lipinski definition) is 5. The van der Waals surface area contributed by atoms with E-state index in [0.717, 1.165) is 51.1 Å². The number of benzene rings is 2. The number of sulfonamides is 1. The SMILES string of the molecule is Cc1cccc(N2CCN(CCCCNS(=O)(=O)c3ccc4c(c3)CCC(=O)N4)CC2)c1. The number of fused-ring (bicyclic) bond motifs is 1. The van der Waals surface area contributed by atoms with Crippen molar-refractivity contribution in [3.05, 3.63) is 53.6 Å². The Morgan fingerprint density at radius 2 is 1.81 bits per heavy atom. The Balaban J connectivity index is 1.18. The summed E-state index contributed by atoms with van der Waals surface area (Å²) in [5, 5.41) is 2.78. The largest absolute Gasteiger partial charge is 0.369 e. The van der Waals surface area contributed by atoms with Crippen molar-refractivity contribution in [3.63, 3.8) is 0 Å². The van der Waals surface area contributed by atoms with E-state index in [1.54, 1.807) is 18.2 Å². The summed E-state index contributed by atoms with van der Waals surface area (Å²) in [6.45, 7) is 7.65. The first-order valence-electron chi connectivity index (χ1n) is 11.4. The molecule has 0 saturated carbocycles. The van der Waals surface area contributed by atoms with Gasteiger partial charge < -0.3 is 10.2 Å². The number of piperazine rings is 1. The van der Waals surface area contributed by atoms with Gasteiger partial charge in [0.25, 0.3) is 0 Å². The topological polar surface area (TPSA) is 81.8 Å². The van der Waals surface area contributed by atoms with E-state index in [1.807, 2.05) is 0 Å². The smallest absolute Gasteiger partial charge is 0.240 e. The summed E-state index contributed by atoms with van der Waals surface area (Å²) in [6, 6.07) is 13.6. The van der Waals surface area contributed by atoms with Crippen LogP contribution in [-0.2, 0) is 21.2 Å². The van der Waals surface area contributed by atoms with Gasteiger partial charge in [0.2, 0.25) is 15.9 Å². The van der Waals surface area contributed by atoms with Gasteiger partial charge >= 0.3 is 0 Å². The number of carbonyl (C=O) groups is 1. The first kappa shape index (κ1) is 22.8. The van der Waals surface area contributed by atoms with Crippen LogP contribution in [0.2, 0.25) is 0 Å². The number of nitrogens with one attached hydrogen (secondary N) is 2. The number of aryl methyl sites for hydroxylation is 2. The van der Waals surface area contributed by atoms with Crippen molar-refractivity contribution < 1.29 is 13.2 Å². The van der Waals surface area contributed by atoms with Crippen LogP contribution in [0.1, 0.15) is 30.4 Å². The van der Waals surface area contributed by atoms with Gasteiger partial charge in [-0.1, -0.05) is 12.1 Å². The molecule has 4 rings (SSSR count). The molecule has 172 valence electrons. The summed E-state index contributed by atoms with van der Waals surface area (Å²) >= 11 is 0. The predicted molar refractivity (Wildman–Crippen MR) is 128 cm³/mol. The van der Waals surface area contributed by atoms with Gasteiger partial charge in [0.15, 0.2) is 0 Å². The standard InChI is InChI=1S/C24H32N4O3S/c1-19-5-4-6-21(17-19)28-15-13-27(14-16-28)12-3-2-11-25-32(30,31)22-8-9-23-20(18-22)7-10-24(29)26-23/h4-6,8-9,17-18,25H,2-3,7,10-16H2,1H3,(H,26,29). The Hall–Kier alpha value is -2.42. The van der Waals surface area contributed by atoms with Crippen LogP contribution in [0.5, 0.6) is 0 Å². The number of nitrogens with zero attached hydrogens (tertiary/aromatic N) is 2. The fraction of sp³-hybridized carbons (Fsp3) is 0.458. The van der Waals surface area contributed by atoms with Crippen molar-refractivity contribution >= 4 is 27.3 Å². The number of rotatable bonds is 8. The zero-order valence-corrected chi connectivity index (χ0v) is 19.5. The third-order valence-electron chi connectivity index (χ3n) is 6.21. The van der Waals surface area contributed by atoms with E-state index in [0.29, 0.717) is 25.1 Å². The molecule has 8 heteroatoms. The molecule has 2 aliphatic heterocycles. The summed E-state index contributed by atoms with van der Waals surface area (Å²) in [7, 11) is -3.54. The number of unbranched alkanes of at least 4 members (excludes halogenated alkanes) is 1. The van der Waals surface area contributed by atoms with Crippen molar-refractivity contribution in [2.75, 3.05) is 49.5 Å². The van der Waals surface area contributed by atoms with Gasteiger partial charge in [0, 0.05) is 50.5 Å². The molecule has 1 saturated heterocycles. The minimum absolute atomic E-state index is 0.0252. The molecule has 32 heavy (non-hydrogen) atoms. The zero-order valence-electron chi connectivity index (χ0n) is 18.6. The highest BCUT2D eigenvalue weighted by Crippen LogP contribution is 2.25. The molecule has 0 atom stereocenters. The first-order chi connectivity index (χ1) is 15.4.